The number of nitrogens with zero attached hydrogens (tertiary/aromatic N) is 12. The van der Waals surface area contributed by atoms with Crippen LogP contribution < -0.4 is 31.3 Å². The fourth-order valence-corrected chi connectivity index (χ4v) is 5.83. The second-order valence-corrected chi connectivity index (χ2v) is 14.2. The highest BCUT2D eigenvalue weighted by atomic mass is 16.6. The molecule has 0 aliphatic carbocycles. The van der Waals surface area contributed by atoms with E-state index in [1.54, 1.807) is 36.7 Å². The topological polar surface area (TPSA) is 243 Å². The van der Waals surface area contributed by atoms with Crippen LogP contribution in [0.1, 0.15) is 90.2 Å². The van der Waals surface area contributed by atoms with Gasteiger partial charge in [-0.05, 0) is 61.1 Å². The maximum atomic E-state index is 11.2. The van der Waals surface area contributed by atoms with Crippen molar-refractivity contribution in [3.05, 3.63) is 104 Å². The molecular weight excluding hydrogens is 793 g/mol. The first-order valence-corrected chi connectivity index (χ1v) is 20.9. The maximum absolute atomic E-state index is 11.2. The Labute approximate surface area is 360 Å². The fraction of sp³-hybridized carbons (Fsp3) is 0.381. The molecule has 3 aromatic carbocycles. The van der Waals surface area contributed by atoms with E-state index in [9.17, 15) is 20.2 Å². The van der Waals surface area contributed by atoms with E-state index in [1.807, 2.05) is 24.3 Å². The van der Waals surface area contributed by atoms with Crippen molar-refractivity contribution in [2.24, 2.45) is 10.2 Å². The summed E-state index contributed by atoms with van der Waals surface area (Å²) in [5.41, 5.74) is 8.63. The van der Waals surface area contributed by atoms with E-state index in [0.717, 1.165) is 88.7 Å². The number of nitro groups is 2. The third-order valence-electron chi connectivity index (χ3n) is 9.30. The fourth-order valence-electron chi connectivity index (χ4n) is 5.83. The lowest BCUT2D eigenvalue weighted by atomic mass is 10.2. The third-order valence-corrected chi connectivity index (χ3v) is 9.30. The van der Waals surface area contributed by atoms with Gasteiger partial charge in [0.15, 0.2) is 0 Å². The van der Waals surface area contributed by atoms with Crippen LogP contribution in [0.15, 0.2) is 83.0 Å². The minimum atomic E-state index is -0.448. The minimum Gasteiger partial charge on any atom is -0.341 e. The van der Waals surface area contributed by atoms with Crippen LogP contribution in [-0.2, 0) is 0 Å². The second kappa shape index (κ2) is 24.0. The Hall–Kier alpha value is -7.38. The molecule has 0 saturated carbocycles. The molecule has 0 bridgehead atoms. The van der Waals surface area contributed by atoms with Crippen LogP contribution in [0.4, 0.5) is 58.4 Å². The number of non-ortho nitro benzene ring substituents is 2. The molecule has 0 amide bonds. The van der Waals surface area contributed by atoms with E-state index < -0.39 is 9.85 Å². The Morgan fingerprint density at radius 3 is 1.13 bits per heavy atom. The molecule has 20 nitrogen and oxygen atoms in total. The van der Waals surface area contributed by atoms with Gasteiger partial charge in [-0.2, -0.15) is 40.1 Å². The molecule has 2 heterocycles. The van der Waals surface area contributed by atoms with Crippen LogP contribution >= 0.6 is 0 Å². The van der Waals surface area contributed by atoms with Crippen molar-refractivity contribution in [2.45, 2.75) is 79.1 Å². The molecule has 0 radical (unpaired) electrons. The molecule has 0 spiro atoms. The maximum Gasteiger partial charge on any atom is 0.269 e. The van der Waals surface area contributed by atoms with Gasteiger partial charge in [0.25, 0.3) is 11.4 Å². The molecule has 20 heteroatoms. The Kier molecular flexibility index (Phi) is 17.7. The molecule has 5 rings (SSSR count). The average molecular weight is 847 g/mol. The predicted molar refractivity (Wildman–Crippen MR) is 245 cm³/mol. The van der Waals surface area contributed by atoms with E-state index >= 15 is 0 Å². The summed E-state index contributed by atoms with van der Waals surface area (Å²) in [5.74, 6) is 2.00. The third kappa shape index (κ3) is 14.4. The van der Waals surface area contributed by atoms with Gasteiger partial charge in [0.05, 0.1) is 22.3 Å². The lowest BCUT2D eigenvalue weighted by molar-refractivity contribution is -0.385. The van der Waals surface area contributed by atoms with Gasteiger partial charge in [-0.1, -0.05) is 77.6 Å². The molecule has 2 aromatic heterocycles. The Bertz CT molecular complexity index is 2070. The normalized spacial score (nSPS) is 11.2. The quantitative estimate of drug-likeness (QED) is 0.0230. The first-order valence-electron chi connectivity index (χ1n) is 20.9. The standard InChI is InChI=1S/C42H54N16O4/c1-5-9-25-55(26-10-6-2)41-49-37(45-33-17-21-35(22-18-33)57(59)60)47-39(51-41)53-43-29-31-13-15-32(16-14-31)30-44-54-40-48-38(46-34-19-23-36(24-20-34)58(61)62)50-42(52-40)56(27-11-7-3)28-12-8-4/h13-24,29-30H,5-12,25-28H2,1-4H3,(H2,45,47,49,51,53)(H2,46,48,50,52,54). The second-order valence-electron chi connectivity index (χ2n) is 14.2. The Balaban J connectivity index is 1.29. The first-order chi connectivity index (χ1) is 30.2. The lowest BCUT2D eigenvalue weighted by Gasteiger charge is -2.23. The molecule has 0 unspecified atom stereocenters. The predicted octanol–water partition coefficient (Wildman–Crippen LogP) is 9.07. The summed E-state index contributed by atoms with van der Waals surface area (Å²) in [4.78, 5) is 53.5. The summed E-state index contributed by atoms with van der Waals surface area (Å²) in [7, 11) is 0. The number of hydrogen-bond acceptors (Lipinski definition) is 18. The van der Waals surface area contributed by atoms with Crippen molar-refractivity contribution in [2.75, 3.05) is 57.5 Å². The van der Waals surface area contributed by atoms with E-state index in [-0.39, 0.29) is 35.2 Å². The van der Waals surface area contributed by atoms with Gasteiger partial charge in [-0.25, -0.2) is 10.9 Å². The van der Waals surface area contributed by atoms with Gasteiger partial charge >= 0.3 is 0 Å². The number of hydrogen-bond donors (Lipinski definition) is 4. The van der Waals surface area contributed by atoms with Crippen molar-refractivity contribution >= 4 is 70.9 Å². The van der Waals surface area contributed by atoms with Crippen LogP contribution in [0.3, 0.4) is 0 Å². The number of nitro benzene ring substituents is 2. The molecule has 326 valence electrons. The van der Waals surface area contributed by atoms with Crippen molar-refractivity contribution < 1.29 is 9.85 Å². The molecule has 0 aliphatic heterocycles. The first kappa shape index (κ1) is 45.7. The Morgan fingerprint density at radius 2 is 0.823 bits per heavy atom. The van der Waals surface area contributed by atoms with Crippen LogP contribution in [0.5, 0.6) is 0 Å². The number of anilines is 8. The highest BCUT2D eigenvalue weighted by Gasteiger charge is 2.16. The number of benzene rings is 3. The van der Waals surface area contributed by atoms with Gasteiger partial charge in [0.2, 0.25) is 35.7 Å². The van der Waals surface area contributed by atoms with Gasteiger partial charge in [-0.15, -0.1) is 0 Å². The zero-order valence-electron chi connectivity index (χ0n) is 35.6. The van der Waals surface area contributed by atoms with E-state index in [0.29, 0.717) is 23.3 Å². The number of hydrazone groups is 2. The molecule has 0 aliphatic rings. The Morgan fingerprint density at radius 1 is 0.500 bits per heavy atom. The van der Waals surface area contributed by atoms with Crippen molar-refractivity contribution in [1.29, 1.82) is 0 Å². The molecule has 0 atom stereocenters. The lowest BCUT2D eigenvalue weighted by Crippen LogP contribution is -2.28. The van der Waals surface area contributed by atoms with Gasteiger partial charge in [0, 0.05) is 61.8 Å². The molecule has 4 N–H and O–H groups in total. The minimum absolute atomic E-state index is 0.0160. The summed E-state index contributed by atoms with van der Waals surface area (Å²) in [6, 6.07) is 19.6. The van der Waals surface area contributed by atoms with E-state index in [4.69, 9.17) is 0 Å². The smallest absolute Gasteiger partial charge is 0.269 e. The highest BCUT2D eigenvalue weighted by molar-refractivity contribution is 5.84. The summed E-state index contributed by atoms with van der Waals surface area (Å²) in [6.45, 7) is 11.7. The zero-order chi connectivity index (χ0) is 44.1. The van der Waals surface area contributed by atoms with Crippen LogP contribution in [0.2, 0.25) is 0 Å². The average Bonchev–Trinajstić information content (AvgIpc) is 3.27. The summed E-state index contributed by atoms with van der Waals surface area (Å²) in [5, 5.41) is 37.4. The van der Waals surface area contributed by atoms with Crippen LogP contribution in [0, 0.1) is 20.2 Å². The van der Waals surface area contributed by atoms with Gasteiger partial charge in [0.1, 0.15) is 0 Å². The summed E-state index contributed by atoms with van der Waals surface area (Å²) in [6.07, 6.45) is 11.2. The summed E-state index contributed by atoms with van der Waals surface area (Å²) < 4.78 is 0. The van der Waals surface area contributed by atoms with E-state index in [2.05, 4.69) is 99.1 Å². The number of aromatic nitrogens is 6. The molecule has 5 aromatic rings. The van der Waals surface area contributed by atoms with Gasteiger partial charge in [-0.3, -0.25) is 20.2 Å². The SMILES string of the molecule is CCCCN(CCCC)c1nc(NN=Cc2ccc(C=NNc3nc(Nc4ccc([N+](=O)[O-])cc4)nc(N(CCCC)CCCC)n3)cc2)nc(Nc2ccc([N+](=O)[O-])cc2)n1. The van der Waals surface area contributed by atoms with Crippen LogP contribution in [0.25, 0.3) is 0 Å². The molecule has 62 heavy (non-hydrogen) atoms. The molecular formula is C42H54N16O4. The van der Waals surface area contributed by atoms with Gasteiger partial charge < -0.3 is 20.4 Å². The van der Waals surface area contributed by atoms with Crippen molar-refractivity contribution in [3.8, 4) is 0 Å². The number of unbranched alkanes of at least 4 members (excludes halogenated alkanes) is 4. The van der Waals surface area contributed by atoms with E-state index in [1.165, 1.54) is 24.3 Å². The summed E-state index contributed by atoms with van der Waals surface area (Å²) >= 11 is 0. The van der Waals surface area contributed by atoms with Crippen molar-refractivity contribution in [3.63, 3.8) is 0 Å². The number of nitrogens with one attached hydrogen (secondary N) is 4. The largest absolute Gasteiger partial charge is 0.341 e. The molecule has 0 fully saturated rings. The monoisotopic (exact) mass is 846 g/mol. The zero-order valence-corrected chi connectivity index (χ0v) is 35.6. The highest BCUT2D eigenvalue weighted by Crippen LogP contribution is 2.23. The van der Waals surface area contributed by atoms with Crippen molar-refractivity contribution in [1.82, 2.24) is 29.9 Å². The number of rotatable bonds is 26. The van der Waals surface area contributed by atoms with Crippen LogP contribution in [-0.4, -0.2) is 78.4 Å². The molecule has 0 saturated heterocycles.